The first kappa shape index (κ1) is 24.1. The van der Waals surface area contributed by atoms with E-state index in [0.717, 1.165) is 5.56 Å². The number of anilines is 2. The van der Waals surface area contributed by atoms with Crippen molar-refractivity contribution < 1.29 is 4.79 Å². The van der Waals surface area contributed by atoms with Gasteiger partial charge in [0.05, 0.1) is 27.7 Å². The van der Waals surface area contributed by atoms with E-state index < -0.39 is 6.04 Å². The Labute approximate surface area is 217 Å². The van der Waals surface area contributed by atoms with Crippen LogP contribution in [0, 0.1) is 0 Å². The van der Waals surface area contributed by atoms with Crippen LogP contribution < -0.4 is 16.6 Å². The highest BCUT2D eigenvalue weighted by atomic mass is 35.5. The number of rotatable bonds is 6. The zero-order valence-corrected chi connectivity index (χ0v) is 20.9. The first-order chi connectivity index (χ1) is 17.8. The number of ketones is 1. The van der Waals surface area contributed by atoms with E-state index in [4.69, 9.17) is 22.3 Å². The normalized spacial score (nSPS) is 11.9. The number of para-hydroxylation sites is 1. The minimum atomic E-state index is -0.486. The molecule has 0 unspecified atom stereocenters. The van der Waals surface area contributed by atoms with Crippen LogP contribution in [0.15, 0.2) is 83.8 Å². The Kier molecular flexibility index (Phi) is 6.42. The van der Waals surface area contributed by atoms with Gasteiger partial charge in [-0.25, -0.2) is 9.97 Å². The van der Waals surface area contributed by atoms with Crippen LogP contribution in [-0.2, 0) is 0 Å². The molecule has 3 aromatic carbocycles. The van der Waals surface area contributed by atoms with Gasteiger partial charge >= 0.3 is 0 Å². The molecular weight excluding hydrogens is 488 g/mol. The molecule has 0 aliphatic rings. The SMILES string of the molecule is CC(=O)c1cccc(-c2cnc(N)nc2N[C@H](C)c2nc3cccc(Cl)c3c(=O)n2-c2ccccc2)c1. The van der Waals surface area contributed by atoms with Gasteiger partial charge in [0, 0.05) is 17.3 Å². The third-order valence-electron chi connectivity index (χ3n) is 6.02. The zero-order chi connectivity index (χ0) is 26.1. The first-order valence-electron chi connectivity index (χ1n) is 11.6. The Morgan fingerprint density at radius 1 is 1.03 bits per heavy atom. The van der Waals surface area contributed by atoms with Crippen molar-refractivity contribution >= 4 is 40.1 Å². The largest absolute Gasteiger partial charge is 0.368 e. The van der Waals surface area contributed by atoms with Crippen molar-refractivity contribution in [1.29, 1.82) is 0 Å². The highest BCUT2D eigenvalue weighted by Gasteiger charge is 2.21. The van der Waals surface area contributed by atoms with E-state index in [2.05, 4.69) is 15.3 Å². The predicted molar refractivity (Wildman–Crippen MR) is 146 cm³/mol. The van der Waals surface area contributed by atoms with Crippen molar-refractivity contribution in [2.75, 3.05) is 11.1 Å². The second-order valence-corrected chi connectivity index (χ2v) is 8.98. The van der Waals surface area contributed by atoms with Crippen LogP contribution in [0.3, 0.4) is 0 Å². The molecule has 0 fully saturated rings. The number of nitrogen functional groups attached to an aromatic ring is 1. The second kappa shape index (κ2) is 9.83. The molecule has 37 heavy (non-hydrogen) atoms. The number of aromatic nitrogens is 4. The third kappa shape index (κ3) is 4.66. The lowest BCUT2D eigenvalue weighted by Crippen LogP contribution is -2.27. The summed E-state index contributed by atoms with van der Waals surface area (Å²) in [5, 5.41) is 4.04. The summed E-state index contributed by atoms with van der Waals surface area (Å²) in [5.41, 5.74) is 8.78. The van der Waals surface area contributed by atoms with Gasteiger partial charge in [-0.3, -0.25) is 14.2 Å². The van der Waals surface area contributed by atoms with Gasteiger partial charge in [0.1, 0.15) is 11.6 Å². The second-order valence-electron chi connectivity index (χ2n) is 8.57. The lowest BCUT2D eigenvalue weighted by atomic mass is 10.0. The molecule has 9 heteroatoms. The highest BCUT2D eigenvalue weighted by molar-refractivity contribution is 6.35. The standard InChI is InChI=1S/C28H23ClN6O2/c1-16(32-25-21(15-31-28(30)34-25)19-9-6-8-18(14-19)17(2)36)26-33-23-13-7-12-22(29)24(23)27(37)35(26)20-10-4-3-5-11-20/h3-16H,1-2H3,(H3,30,31,32,34)/t16-/m1/s1. The van der Waals surface area contributed by atoms with E-state index in [1.807, 2.05) is 43.3 Å². The van der Waals surface area contributed by atoms with E-state index in [-0.39, 0.29) is 17.3 Å². The quantitative estimate of drug-likeness (QED) is 0.291. The summed E-state index contributed by atoms with van der Waals surface area (Å²) in [5.74, 6) is 0.944. The predicted octanol–water partition coefficient (Wildman–Crippen LogP) is 5.45. The lowest BCUT2D eigenvalue weighted by molar-refractivity contribution is 0.101. The van der Waals surface area contributed by atoms with Crippen molar-refractivity contribution in [1.82, 2.24) is 19.5 Å². The van der Waals surface area contributed by atoms with Gasteiger partial charge in [0.25, 0.3) is 5.56 Å². The fourth-order valence-corrected chi connectivity index (χ4v) is 4.47. The van der Waals surface area contributed by atoms with Crippen molar-refractivity contribution in [3.63, 3.8) is 0 Å². The van der Waals surface area contributed by atoms with Gasteiger partial charge in [-0.1, -0.05) is 54.1 Å². The van der Waals surface area contributed by atoms with Gasteiger partial charge in [-0.2, -0.15) is 4.98 Å². The van der Waals surface area contributed by atoms with Crippen LogP contribution in [0.5, 0.6) is 0 Å². The molecule has 0 bridgehead atoms. The van der Waals surface area contributed by atoms with E-state index in [0.29, 0.717) is 44.4 Å². The molecular formula is C28H23ClN6O2. The number of nitrogens with zero attached hydrogens (tertiary/aromatic N) is 4. The van der Waals surface area contributed by atoms with Gasteiger partial charge in [0.2, 0.25) is 5.95 Å². The smallest absolute Gasteiger partial charge is 0.267 e. The van der Waals surface area contributed by atoms with Gasteiger partial charge in [-0.15, -0.1) is 0 Å². The van der Waals surface area contributed by atoms with Gasteiger partial charge < -0.3 is 11.1 Å². The number of nitrogens with one attached hydrogen (secondary N) is 1. The van der Waals surface area contributed by atoms with Crippen LogP contribution >= 0.6 is 11.6 Å². The van der Waals surface area contributed by atoms with E-state index in [9.17, 15) is 9.59 Å². The Bertz CT molecular complexity index is 1700. The average Bonchev–Trinajstić information content (AvgIpc) is 2.89. The Hall–Kier alpha value is -4.56. The Balaban J connectivity index is 1.66. The molecule has 0 aliphatic heterocycles. The fourth-order valence-electron chi connectivity index (χ4n) is 4.22. The molecule has 184 valence electrons. The monoisotopic (exact) mass is 510 g/mol. The number of carbonyl (C=O) groups is 1. The van der Waals surface area contributed by atoms with Crippen LogP contribution in [-0.4, -0.2) is 25.3 Å². The van der Waals surface area contributed by atoms with Crippen molar-refractivity contribution in [2.45, 2.75) is 19.9 Å². The van der Waals surface area contributed by atoms with Crippen molar-refractivity contribution in [3.8, 4) is 16.8 Å². The first-order valence-corrected chi connectivity index (χ1v) is 12.0. The Morgan fingerprint density at radius 3 is 2.54 bits per heavy atom. The van der Waals surface area contributed by atoms with E-state index >= 15 is 0 Å². The lowest BCUT2D eigenvalue weighted by Gasteiger charge is -2.21. The maximum absolute atomic E-state index is 13.7. The summed E-state index contributed by atoms with van der Waals surface area (Å²) in [4.78, 5) is 39.1. The molecule has 0 amide bonds. The molecule has 0 aliphatic carbocycles. The number of fused-ring (bicyclic) bond motifs is 1. The molecule has 2 aromatic heterocycles. The number of hydrogen-bond donors (Lipinski definition) is 2. The van der Waals surface area contributed by atoms with Crippen molar-refractivity contribution in [3.05, 3.63) is 106 Å². The number of carbonyl (C=O) groups excluding carboxylic acids is 1. The number of nitrogens with two attached hydrogens (primary N) is 1. The minimum Gasteiger partial charge on any atom is -0.368 e. The summed E-state index contributed by atoms with van der Waals surface area (Å²) in [6.07, 6.45) is 1.61. The fraction of sp³-hybridized carbons (Fsp3) is 0.107. The number of hydrogen-bond acceptors (Lipinski definition) is 7. The maximum atomic E-state index is 13.7. The zero-order valence-electron chi connectivity index (χ0n) is 20.1. The van der Waals surface area contributed by atoms with Gasteiger partial charge in [-0.05, 0) is 49.7 Å². The molecule has 0 saturated heterocycles. The molecule has 1 atom stereocenters. The molecule has 0 saturated carbocycles. The third-order valence-corrected chi connectivity index (χ3v) is 6.33. The maximum Gasteiger partial charge on any atom is 0.267 e. The highest BCUT2D eigenvalue weighted by Crippen LogP contribution is 2.31. The van der Waals surface area contributed by atoms with Crippen LogP contribution in [0.4, 0.5) is 11.8 Å². The molecule has 0 radical (unpaired) electrons. The van der Waals surface area contributed by atoms with Crippen LogP contribution in [0.2, 0.25) is 5.02 Å². The minimum absolute atomic E-state index is 0.0491. The number of Topliss-reactive ketones (excluding diaryl/α,β-unsaturated/α-hetero) is 1. The van der Waals surface area contributed by atoms with Crippen LogP contribution in [0.25, 0.3) is 27.7 Å². The summed E-state index contributed by atoms with van der Waals surface area (Å²) >= 11 is 6.40. The van der Waals surface area contributed by atoms with Crippen LogP contribution in [0.1, 0.15) is 36.1 Å². The summed E-state index contributed by atoms with van der Waals surface area (Å²) in [7, 11) is 0. The molecule has 5 rings (SSSR count). The summed E-state index contributed by atoms with van der Waals surface area (Å²) in [6.45, 7) is 3.39. The number of halogens is 1. The topological polar surface area (TPSA) is 116 Å². The molecule has 3 N–H and O–H groups in total. The molecule has 0 spiro atoms. The average molecular weight is 511 g/mol. The van der Waals surface area contributed by atoms with E-state index in [1.54, 1.807) is 47.2 Å². The summed E-state index contributed by atoms with van der Waals surface area (Å²) in [6, 6.07) is 21.2. The summed E-state index contributed by atoms with van der Waals surface area (Å²) < 4.78 is 1.55. The Morgan fingerprint density at radius 2 is 1.78 bits per heavy atom. The van der Waals surface area contributed by atoms with Gasteiger partial charge in [0.15, 0.2) is 5.78 Å². The number of benzene rings is 3. The molecule has 5 aromatic rings. The molecule has 2 heterocycles. The van der Waals surface area contributed by atoms with Crippen molar-refractivity contribution in [2.24, 2.45) is 0 Å². The molecule has 8 nitrogen and oxygen atoms in total. The van der Waals surface area contributed by atoms with E-state index in [1.165, 1.54) is 6.92 Å².